The van der Waals surface area contributed by atoms with Gasteiger partial charge in [0.2, 0.25) is 0 Å². The number of imide groups is 1. The van der Waals surface area contributed by atoms with Crippen LogP contribution in [0.5, 0.6) is 0 Å². The number of hydrogen-bond donors (Lipinski definition) is 2. The Balaban J connectivity index is 2.03. The van der Waals surface area contributed by atoms with E-state index in [1.165, 1.54) is 12.3 Å². The number of halogens is 2. The van der Waals surface area contributed by atoms with Crippen molar-refractivity contribution in [3.8, 4) is 0 Å². The van der Waals surface area contributed by atoms with E-state index in [-0.39, 0.29) is 0 Å². The van der Waals surface area contributed by atoms with E-state index in [0.29, 0.717) is 20.9 Å². The van der Waals surface area contributed by atoms with Crippen molar-refractivity contribution < 1.29 is 9.59 Å². The molecule has 0 radical (unpaired) electrons. The van der Waals surface area contributed by atoms with Crippen LogP contribution >= 0.6 is 27.5 Å². The molecule has 5 nitrogen and oxygen atoms in total. The lowest BCUT2D eigenvalue weighted by Crippen LogP contribution is -2.34. The zero-order valence-corrected chi connectivity index (χ0v) is 12.4. The van der Waals surface area contributed by atoms with Gasteiger partial charge < -0.3 is 5.32 Å². The van der Waals surface area contributed by atoms with E-state index in [4.69, 9.17) is 11.6 Å². The number of urea groups is 1. The first-order chi connectivity index (χ1) is 9.56. The lowest BCUT2D eigenvalue weighted by Gasteiger charge is -2.08. The molecule has 1 aromatic heterocycles. The Labute approximate surface area is 128 Å². The summed E-state index contributed by atoms with van der Waals surface area (Å²) in [7, 11) is 0. The van der Waals surface area contributed by atoms with Crippen LogP contribution in [0.25, 0.3) is 0 Å². The van der Waals surface area contributed by atoms with Gasteiger partial charge in [-0.3, -0.25) is 10.1 Å². The van der Waals surface area contributed by atoms with Crippen LogP contribution < -0.4 is 10.6 Å². The molecule has 102 valence electrons. The molecule has 0 saturated carbocycles. The van der Waals surface area contributed by atoms with Crippen molar-refractivity contribution in [3.05, 3.63) is 57.8 Å². The number of anilines is 1. The van der Waals surface area contributed by atoms with Gasteiger partial charge in [-0.2, -0.15) is 0 Å². The van der Waals surface area contributed by atoms with Crippen LogP contribution in [0.4, 0.5) is 10.5 Å². The van der Waals surface area contributed by atoms with Crippen molar-refractivity contribution in [2.75, 3.05) is 5.32 Å². The minimum Gasteiger partial charge on any atom is -0.305 e. The predicted octanol–water partition coefficient (Wildman–Crippen LogP) is 3.46. The van der Waals surface area contributed by atoms with Gasteiger partial charge in [0.25, 0.3) is 5.91 Å². The standard InChI is InChI=1S/C13H9BrClN3O2/c14-11-10(6-9(15)7-16-11)17-13(20)18-12(19)8-4-2-1-3-5-8/h1-7H,(H2,17,18,19,20). The molecular weight excluding hydrogens is 346 g/mol. The van der Waals surface area contributed by atoms with E-state index < -0.39 is 11.9 Å². The molecule has 2 rings (SSSR count). The fourth-order valence-electron chi connectivity index (χ4n) is 1.43. The molecule has 20 heavy (non-hydrogen) atoms. The van der Waals surface area contributed by atoms with Gasteiger partial charge in [-0.25, -0.2) is 9.78 Å². The van der Waals surface area contributed by atoms with E-state index in [2.05, 4.69) is 31.5 Å². The second-order valence-corrected chi connectivity index (χ2v) is 4.95. The summed E-state index contributed by atoms with van der Waals surface area (Å²) in [6.45, 7) is 0. The molecule has 0 aliphatic carbocycles. The third-order valence-electron chi connectivity index (χ3n) is 2.32. The monoisotopic (exact) mass is 353 g/mol. The maximum Gasteiger partial charge on any atom is 0.326 e. The highest BCUT2D eigenvalue weighted by Gasteiger charge is 2.11. The molecule has 0 spiro atoms. The van der Waals surface area contributed by atoms with Gasteiger partial charge in [-0.05, 0) is 34.1 Å². The summed E-state index contributed by atoms with van der Waals surface area (Å²) in [5.74, 6) is -0.491. The van der Waals surface area contributed by atoms with Crippen LogP contribution in [0.1, 0.15) is 10.4 Å². The van der Waals surface area contributed by atoms with Crippen LogP contribution in [0.3, 0.4) is 0 Å². The molecule has 0 bridgehead atoms. The Hall–Kier alpha value is -1.92. The highest BCUT2D eigenvalue weighted by Crippen LogP contribution is 2.22. The lowest BCUT2D eigenvalue weighted by molar-refractivity contribution is 0.0967. The number of aromatic nitrogens is 1. The van der Waals surface area contributed by atoms with Gasteiger partial charge in [0.15, 0.2) is 0 Å². The smallest absolute Gasteiger partial charge is 0.305 e. The number of amides is 3. The number of pyridine rings is 1. The van der Waals surface area contributed by atoms with Crippen LogP contribution in [0, 0.1) is 0 Å². The van der Waals surface area contributed by atoms with Crippen molar-refractivity contribution in [2.24, 2.45) is 0 Å². The maximum absolute atomic E-state index is 11.8. The van der Waals surface area contributed by atoms with Crippen molar-refractivity contribution >= 4 is 45.2 Å². The molecule has 2 aromatic rings. The largest absolute Gasteiger partial charge is 0.326 e. The summed E-state index contributed by atoms with van der Waals surface area (Å²) >= 11 is 8.95. The summed E-state index contributed by atoms with van der Waals surface area (Å²) < 4.78 is 0.421. The van der Waals surface area contributed by atoms with Gasteiger partial charge in [-0.15, -0.1) is 0 Å². The molecule has 2 N–H and O–H groups in total. The SMILES string of the molecule is O=C(NC(=O)c1ccccc1)Nc1cc(Cl)cnc1Br. The van der Waals surface area contributed by atoms with Gasteiger partial charge in [0.1, 0.15) is 4.60 Å². The van der Waals surface area contributed by atoms with Crippen molar-refractivity contribution in [1.29, 1.82) is 0 Å². The van der Waals surface area contributed by atoms with Crippen molar-refractivity contribution in [1.82, 2.24) is 10.3 Å². The third-order valence-corrected chi connectivity index (χ3v) is 3.16. The molecule has 1 heterocycles. The molecule has 3 amide bonds. The van der Waals surface area contributed by atoms with Crippen LogP contribution in [-0.2, 0) is 0 Å². The molecular formula is C13H9BrClN3O2. The topological polar surface area (TPSA) is 71.1 Å². The third kappa shape index (κ3) is 3.79. The minimum absolute atomic E-state index is 0.371. The normalized spacial score (nSPS) is 9.90. The Bertz CT molecular complexity index is 649. The van der Waals surface area contributed by atoms with Crippen molar-refractivity contribution in [2.45, 2.75) is 0 Å². The van der Waals surface area contributed by atoms with Crippen molar-refractivity contribution in [3.63, 3.8) is 0 Å². The summed E-state index contributed by atoms with van der Waals surface area (Å²) in [6.07, 6.45) is 1.43. The van der Waals surface area contributed by atoms with Crippen LogP contribution in [0.15, 0.2) is 47.2 Å². The first-order valence-electron chi connectivity index (χ1n) is 5.54. The van der Waals surface area contributed by atoms with E-state index in [1.807, 2.05) is 0 Å². The number of rotatable bonds is 2. The number of nitrogens with zero attached hydrogens (tertiary/aromatic N) is 1. The minimum atomic E-state index is -0.663. The van der Waals surface area contributed by atoms with E-state index in [9.17, 15) is 9.59 Å². The molecule has 1 aromatic carbocycles. The molecule has 0 unspecified atom stereocenters. The lowest BCUT2D eigenvalue weighted by atomic mass is 10.2. The molecule has 7 heteroatoms. The number of nitrogens with one attached hydrogen (secondary N) is 2. The highest BCUT2D eigenvalue weighted by molar-refractivity contribution is 9.10. The predicted molar refractivity (Wildman–Crippen MR) is 79.9 cm³/mol. The number of carbonyl (C=O) groups is 2. The molecule has 0 aliphatic rings. The Morgan fingerprint density at radius 2 is 1.90 bits per heavy atom. The Kier molecular flexibility index (Phi) is 4.70. The zero-order valence-electron chi connectivity index (χ0n) is 10.1. The Morgan fingerprint density at radius 1 is 1.20 bits per heavy atom. The van der Waals surface area contributed by atoms with Gasteiger partial charge >= 0.3 is 6.03 Å². The second-order valence-electron chi connectivity index (χ2n) is 3.77. The highest BCUT2D eigenvalue weighted by atomic mass is 79.9. The number of hydrogen-bond acceptors (Lipinski definition) is 3. The molecule has 0 atom stereocenters. The number of benzene rings is 1. The fraction of sp³-hybridized carbons (Fsp3) is 0. The van der Waals surface area contributed by atoms with E-state index in [1.54, 1.807) is 30.3 Å². The van der Waals surface area contributed by atoms with Gasteiger partial charge in [0.05, 0.1) is 10.7 Å². The second kappa shape index (κ2) is 6.49. The van der Waals surface area contributed by atoms with E-state index >= 15 is 0 Å². The summed E-state index contributed by atoms with van der Waals surface area (Å²) in [6, 6.07) is 9.29. The first kappa shape index (κ1) is 14.5. The summed E-state index contributed by atoms with van der Waals surface area (Å²) in [5.41, 5.74) is 0.766. The maximum atomic E-state index is 11.8. The number of carbonyl (C=O) groups excluding carboxylic acids is 2. The zero-order chi connectivity index (χ0) is 14.5. The van der Waals surface area contributed by atoms with E-state index in [0.717, 1.165) is 0 Å². The fourth-order valence-corrected chi connectivity index (χ4v) is 1.90. The molecule has 0 saturated heterocycles. The van der Waals surface area contributed by atoms with Gasteiger partial charge in [0, 0.05) is 11.8 Å². The summed E-state index contributed by atoms with van der Waals surface area (Å²) in [5, 5.41) is 5.07. The van der Waals surface area contributed by atoms with Crippen LogP contribution in [-0.4, -0.2) is 16.9 Å². The summed E-state index contributed by atoms with van der Waals surface area (Å²) in [4.78, 5) is 27.4. The van der Waals surface area contributed by atoms with Gasteiger partial charge in [-0.1, -0.05) is 29.8 Å². The quantitative estimate of drug-likeness (QED) is 0.811. The average Bonchev–Trinajstić information content (AvgIpc) is 2.43. The van der Waals surface area contributed by atoms with Crippen LogP contribution in [0.2, 0.25) is 5.02 Å². The molecule has 0 aliphatic heterocycles. The average molecular weight is 355 g/mol. The first-order valence-corrected chi connectivity index (χ1v) is 6.72. The molecule has 0 fully saturated rings. The Morgan fingerprint density at radius 3 is 2.60 bits per heavy atom.